The molecule has 1 heterocycles. The lowest BCUT2D eigenvalue weighted by atomic mass is 10.2. The summed E-state index contributed by atoms with van der Waals surface area (Å²) in [6.07, 6.45) is 0. The number of carbonyl (C=O) groups is 1. The van der Waals surface area contributed by atoms with E-state index in [1.807, 2.05) is 24.3 Å². The van der Waals surface area contributed by atoms with Crippen molar-refractivity contribution in [3.05, 3.63) is 24.3 Å². The summed E-state index contributed by atoms with van der Waals surface area (Å²) in [6.45, 7) is 0. The van der Waals surface area contributed by atoms with Crippen LogP contribution in [0.3, 0.4) is 0 Å². The van der Waals surface area contributed by atoms with Crippen molar-refractivity contribution < 1.29 is 9.53 Å². The van der Waals surface area contributed by atoms with Crippen LogP contribution in [0.2, 0.25) is 0 Å². The first-order chi connectivity index (χ1) is 8.22. The van der Waals surface area contributed by atoms with Crippen molar-refractivity contribution in [1.29, 1.82) is 0 Å². The first kappa shape index (κ1) is 12.3. The van der Waals surface area contributed by atoms with Crippen LogP contribution in [0.25, 0.3) is 0 Å². The number of nitrogens with zero attached hydrogens (tertiary/aromatic N) is 1. The molecular formula is C12H16N2O2S. The summed E-state index contributed by atoms with van der Waals surface area (Å²) in [4.78, 5) is 13.8. The van der Waals surface area contributed by atoms with Crippen molar-refractivity contribution in [2.45, 2.75) is 6.04 Å². The molecule has 4 nitrogen and oxygen atoms in total. The van der Waals surface area contributed by atoms with Gasteiger partial charge in [0.05, 0.1) is 13.2 Å². The van der Waals surface area contributed by atoms with Gasteiger partial charge in [-0.1, -0.05) is 6.07 Å². The molecule has 92 valence electrons. The number of benzene rings is 1. The molecule has 2 rings (SSSR count). The van der Waals surface area contributed by atoms with Crippen molar-refractivity contribution in [2.24, 2.45) is 0 Å². The summed E-state index contributed by atoms with van der Waals surface area (Å²) >= 11 is 1.75. The lowest BCUT2D eigenvalue weighted by molar-refractivity contribution is -0.119. The Bertz CT molecular complexity index is 405. The first-order valence-electron chi connectivity index (χ1n) is 5.45. The van der Waals surface area contributed by atoms with E-state index in [1.165, 1.54) is 0 Å². The molecular weight excluding hydrogens is 236 g/mol. The van der Waals surface area contributed by atoms with Gasteiger partial charge in [0.25, 0.3) is 0 Å². The van der Waals surface area contributed by atoms with E-state index in [2.05, 4.69) is 5.32 Å². The van der Waals surface area contributed by atoms with Crippen LogP contribution in [0, 0.1) is 0 Å². The predicted molar refractivity (Wildman–Crippen MR) is 70.7 cm³/mol. The molecule has 1 N–H and O–H groups in total. The van der Waals surface area contributed by atoms with Gasteiger partial charge in [0.1, 0.15) is 5.75 Å². The van der Waals surface area contributed by atoms with E-state index in [0.29, 0.717) is 0 Å². The fourth-order valence-corrected chi connectivity index (χ4v) is 2.67. The fraction of sp³-hybridized carbons (Fsp3) is 0.417. The average Bonchev–Trinajstić information content (AvgIpc) is 2.91. The highest BCUT2D eigenvalue weighted by Gasteiger charge is 2.26. The van der Waals surface area contributed by atoms with Gasteiger partial charge in [0, 0.05) is 30.4 Å². The van der Waals surface area contributed by atoms with Crippen molar-refractivity contribution in [2.75, 3.05) is 30.7 Å². The van der Waals surface area contributed by atoms with E-state index >= 15 is 0 Å². The van der Waals surface area contributed by atoms with Crippen LogP contribution in [-0.4, -0.2) is 37.7 Å². The number of carbonyl (C=O) groups excluding carboxylic acids is 1. The van der Waals surface area contributed by atoms with Gasteiger partial charge in [-0.25, -0.2) is 0 Å². The largest absolute Gasteiger partial charge is 0.497 e. The third-order valence-corrected chi connectivity index (χ3v) is 3.73. The molecule has 0 aliphatic carbocycles. The van der Waals surface area contributed by atoms with Crippen LogP contribution in [0.15, 0.2) is 24.3 Å². The van der Waals surface area contributed by atoms with Crippen LogP contribution in [0.4, 0.5) is 5.69 Å². The number of hydrogen-bond acceptors (Lipinski definition) is 4. The lowest BCUT2D eigenvalue weighted by Crippen LogP contribution is -2.43. The molecule has 1 aliphatic heterocycles. The van der Waals surface area contributed by atoms with Crippen molar-refractivity contribution in [3.63, 3.8) is 0 Å². The molecule has 0 radical (unpaired) electrons. The Hall–Kier alpha value is -1.20. The summed E-state index contributed by atoms with van der Waals surface area (Å²) in [7, 11) is 3.41. The third-order valence-electron chi connectivity index (χ3n) is 2.79. The second kappa shape index (κ2) is 5.42. The molecule has 1 amide bonds. The topological polar surface area (TPSA) is 41.6 Å². The minimum absolute atomic E-state index is 0.0730. The summed E-state index contributed by atoms with van der Waals surface area (Å²) in [6, 6.07) is 7.44. The van der Waals surface area contributed by atoms with Crippen molar-refractivity contribution in [1.82, 2.24) is 5.32 Å². The molecule has 1 aromatic carbocycles. The maximum atomic E-state index is 12.2. The molecule has 17 heavy (non-hydrogen) atoms. The Morgan fingerprint density at radius 1 is 1.59 bits per heavy atom. The zero-order valence-electron chi connectivity index (χ0n) is 9.97. The van der Waals surface area contributed by atoms with Crippen molar-refractivity contribution >= 4 is 23.4 Å². The molecule has 1 atom stereocenters. The summed E-state index contributed by atoms with van der Waals surface area (Å²) in [5.74, 6) is 2.55. The average molecular weight is 252 g/mol. The SMILES string of the molecule is COc1cccc(N(C)C(=O)C2CSCN2)c1. The van der Waals surface area contributed by atoms with E-state index in [9.17, 15) is 4.79 Å². The van der Waals surface area contributed by atoms with Gasteiger partial charge in [0.2, 0.25) is 5.91 Å². The molecule has 1 aromatic rings. The Morgan fingerprint density at radius 3 is 3.06 bits per heavy atom. The quantitative estimate of drug-likeness (QED) is 0.881. The molecule has 5 heteroatoms. The van der Waals surface area contributed by atoms with Gasteiger partial charge in [-0.3, -0.25) is 10.1 Å². The Labute approximate surface area is 105 Å². The van der Waals surface area contributed by atoms with E-state index in [0.717, 1.165) is 23.1 Å². The highest BCUT2D eigenvalue weighted by Crippen LogP contribution is 2.21. The standard InChI is InChI=1S/C12H16N2O2S/c1-14(12(15)11-7-17-8-13-11)9-4-3-5-10(6-9)16-2/h3-6,11,13H,7-8H2,1-2H3. The zero-order valence-corrected chi connectivity index (χ0v) is 10.8. The highest BCUT2D eigenvalue weighted by molar-refractivity contribution is 7.99. The lowest BCUT2D eigenvalue weighted by Gasteiger charge is -2.21. The number of likely N-dealkylation sites (N-methyl/N-ethyl adjacent to an activating group) is 1. The monoisotopic (exact) mass is 252 g/mol. The number of rotatable bonds is 3. The normalized spacial score (nSPS) is 19.1. The van der Waals surface area contributed by atoms with Gasteiger partial charge >= 0.3 is 0 Å². The predicted octanol–water partition coefficient (Wildman–Crippen LogP) is 1.32. The Kier molecular flexibility index (Phi) is 3.91. The van der Waals surface area contributed by atoms with Gasteiger partial charge in [0.15, 0.2) is 0 Å². The number of nitrogens with one attached hydrogen (secondary N) is 1. The number of ether oxygens (including phenoxy) is 1. The molecule has 0 saturated carbocycles. The Balaban J connectivity index is 2.12. The van der Waals surface area contributed by atoms with Crippen LogP contribution in [0.5, 0.6) is 5.75 Å². The van der Waals surface area contributed by atoms with Crippen LogP contribution in [-0.2, 0) is 4.79 Å². The van der Waals surface area contributed by atoms with Crippen LogP contribution >= 0.6 is 11.8 Å². The zero-order chi connectivity index (χ0) is 12.3. The van der Waals surface area contributed by atoms with E-state index in [-0.39, 0.29) is 11.9 Å². The number of amides is 1. The number of hydrogen-bond donors (Lipinski definition) is 1. The highest BCUT2D eigenvalue weighted by atomic mass is 32.2. The number of thioether (sulfide) groups is 1. The minimum atomic E-state index is -0.0730. The summed E-state index contributed by atoms with van der Waals surface area (Å²) in [5, 5.41) is 3.18. The smallest absolute Gasteiger partial charge is 0.244 e. The van der Waals surface area contributed by atoms with E-state index in [4.69, 9.17) is 4.74 Å². The van der Waals surface area contributed by atoms with E-state index < -0.39 is 0 Å². The maximum absolute atomic E-state index is 12.2. The molecule has 1 aliphatic rings. The molecule has 1 unspecified atom stereocenters. The molecule has 1 fully saturated rings. The third kappa shape index (κ3) is 2.73. The second-order valence-corrected chi connectivity index (χ2v) is 4.90. The fourth-order valence-electron chi connectivity index (χ4n) is 1.73. The first-order valence-corrected chi connectivity index (χ1v) is 6.60. The van der Waals surface area contributed by atoms with Crippen LogP contribution in [0.1, 0.15) is 0 Å². The summed E-state index contributed by atoms with van der Waals surface area (Å²) < 4.78 is 5.15. The van der Waals surface area contributed by atoms with Gasteiger partial charge in [-0.15, -0.1) is 11.8 Å². The molecule has 0 spiro atoms. The summed E-state index contributed by atoms with van der Waals surface area (Å²) in [5.41, 5.74) is 0.855. The van der Waals surface area contributed by atoms with Gasteiger partial charge in [-0.2, -0.15) is 0 Å². The van der Waals surface area contributed by atoms with Crippen molar-refractivity contribution in [3.8, 4) is 5.75 Å². The number of methoxy groups -OCH3 is 1. The van der Waals surface area contributed by atoms with Gasteiger partial charge < -0.3 is 9.64 Å². The van der Waals surface area contributed by atoms with Gasteiger partial charge in [-0.05, 0) is 12.1 Å². The number of anilines is 1. The minimum Gasteiger partial charge on any atom is -0.497 e. The second-order valence-electron chi connectivity index (χ2n) is 3.87. The molecule has 0 bridgehead atoms. The molecule has 0 aromatic heterocycles. The van der Waals surface area contributed by atoms with E-state index in [1.54, 1.807) is 30.8 Å². The maximum Gasteiger partial charge on any atom is 0.244 e. The van der Waals surface area contributed by atoms with Crippen LogP contribution < -0.4 is 15.0 Å². The Morgan fingerprint density at radius 2 is 2.41 bits per heavy atom. The molecule has 1 saturated heterocycles.